The molecule has 2 aromatic carbocycles. The Morgan fingerprint density at radius 2 is 1.29 bits per heavy atom. The third-order valence-corrected chi connectivity index (χ3v) is 7.14. The van der Waals surface area contributed by atoms with Crippen molar-refractivity contribution in [3.05, 3.63) is 46.5 Å². The zero-order valence-corrected chi connectivity index (χ0v) is 22.8. The van der Waals surface area contributed by atoms with Crippen molar-refractivity contribution >= 4 is 17.9 Å². The van der Waals surface area contributed by atoms with Crippen LogP contribution in [-0.2, 0) is 22.4 Å². The first kappa shape index (κ1) is 27.2. The van der Waals surface area contributed by atoms with E-state index in [2.05, 4.69) is 0 Å². The van der Waals surface area contributed by atoms with E-state index in [9.17, 15) is 9.59 Å². The molecule has 2 aliphatic rings. The molecule has 9 heteroatoms. The zero-order chi connectivity index (χ0) is 27.2. The minimum Gasteiger partial charge on any atom is -0.493 e. The van der Waals surface area contributed by atoms with Gasteiger partial charge in [0.05, 0.1) is 42.0 Å². The van der Waals surface area contributed by atoms with E-state index in [0.717, 1.165) is 35.1 Å². The van der Waals surface area contributed by atoms with Gasteiger partial charge in [-0.05, 0) is 66.3 Å². The first-order valence-corrected chi connectivity index (χ1v) is 12.7. The summed E-state index contributed by atoms with van der Waals surface area (Å²) in [7, 11) is 7.88. The van der Waals surface area contributed by atoms with Crippen molar-refractivity contribution in [2.75, 3.05) is 61.7 Å². The molecule has 1 heterocycles. The van der Waals surface area contributed by atoms with Crippen molar-refractivity contribution < 1.29 is 33.3 Å². The number of ether oxygens (including phenoxy) is 5. The van der Waals surface area contributed by atoms with E-state index in [1.165, 1.54) is 0 Å². The number of benzene rings is 2. The molecule has 0 N–H and O–H groups in total. The van der Waals surface area contributed by atoms with Crippen molar-refractivity contribution in [3.63, 3.8) is 0 Å². The summed E-state index contributed by atoms with van der Waals surface area (Å²) in [6.45, 7) is 1.97. The Kier molecular flexibility index (Phi) is 8.66. The summed E-state index contributed by atoms with van der Waals surface area (Å²) in [6, 6.07) is 7.52. The van der Waals surface area contributed by atoms with E-state index in [0.29, 0.717) is 61.3 Å². The van der Waals surface area contributed by atoms with Crippen molar-refractivity contribution in [3.8, 4) is 28.7 Å². The lowest BCUT2D eigenvalue weighted by Crippen LogP contribution is -2.51. The molecule has 1 fully saturated rings. The van der Waals surface area contributed by atoms with Gasteiger partial charge in [0, 0.05) is 31.8 Å². The highest BCUT2D eigenvalue weighted by molar-refractivity contribution is 5.98. The Morgan fingerprint density at radius 3 is 1.87 bits per heavy atom. The molecule has 0 aromatic heterocycles. The van der Waals surface area contributed by atoms with Gasteiger partial charge in [-0.3, -0.25) is 9.59 Å². The van der Waals surface area contributed by atoms with Gasteiger partial charge in [-0.25, -0.2) is 0 Å². The number of aryl methyl sites for hydroxylation is 1. The van der Waals surface area contributed by atoms with Crippen molar-refractivity contribution in [1.82, 2.24) is 9.80 Å². The largest absolute Gasteiger partial charge is 0.493 e. The number of hydrogen-bond acceptors (Lipinski definition) is 7. The van der Waals surface area contributed by atoms with E-state index in [1.807, 2.05) is 23.1 Å². The highest BCUT2D eigenvalue weighted by Crippen LogP contribution is 2.38. The Morgan fingerprint density at radius 1 is 0.711 bits per heavy atom. The molecule has 2 aromatic rings. The van der Waals surface area contributed by atoms with E-state index in [4.69, 9.17) is 23.7 Å². The number of carbonyl (C=O) groups excluding carboxylic acids is 2. The van der Waals surface area contributed by atoms with Gasteiger partial charge in [0.15, 0.2) is 23.0 Å². The number of rotatable bonds is 8. The van der Waals surface area contributed by atoms with Gasteiger partial charge >= 0.3 is 0 Å². The van der Waals surface area contributed by atoms with Crippen LogP contribution in [0, 0.1) is 0 Å². The fourth-order valence-corrected chi connectivity index (χ4v) is 5.07. The molecule has 0 spiro atoms. The van der Waals surface area contributed by atoms with Crippen LogP contribution in [0.1, 0.15) is 29.5 Å². The molecule has 204 valence electrons. The highest BCUT2D eigenvalue weighted by Gasteiger charge is 2.27. The summed E-state index contributed by atoms with van der Waals surface area (Å²) in [4.78, 5) is 30.1. The molecule has 0 bridgehead atoms. The van der Waals surface area contributed by atoms with Gasteiger partial charge in [-0.15, -0.1) is 0 Å². The fourth-order valence-electron chi connectivity index (χ4n) is 5.07. The smallest absolute Gasteiger partial charge is 0.249 e. The van der Waals surface area contributed by atoms with E-state index in [1.54, 1.807) is 52.6 Å². The van der Waals surface area contributed by atoms with Crippen LogP contribution < -0.4 is 23.7 Å². The second-order valence-electron chi connectivity index (χ2n) is 9.31. The molecule has 4 rings (SSSR count). The van der Waals surface area contributed by atoms with Crippen LogP contribution in [0.5, 0.6) is 28.7 Å². The molecule has 0 saturated carbocycles. The Balaban J connectivity index is 1.41. The molecule has 1 saturated heterocycles. The van der Waals surface area contributed by atoms with Gasteiger partial charge in [-0.1, -0.05) is 0 Å². The highest BCUT2D eigenvalue weighted by atomic mass is 16.5. The minimum absolute atomic E-state index is 0.00461. The van der Waals surface area contributed by atoms with Crippen LogP contribution >= 0.6 is 0 Å². The average molecular weight is 525 g/mol. The summed E-state index contributed by atoms with van der Waals surface area (Å²) >= 11 is 0. The molecule has 0 atom stereocenters. The lowest BCUT2D eigenvalue weighted by molar-refractivity contribution is -0.137. The first-order chi connectivity index (χ1) is 18.4. The van der Waals surface area contributed by atoms with Gasteiger partial charge in [-0.2, -0.15) is 0 Å². The predicted octanol–water partition coefficient (Wildman–Crippen LogP) is 3.36. The van der Waals surface area contributed by atoms with Crippen LogP contribution in [0.25, 0.3) is 6.08 Å². The summed E-state index contributed by atoms with van der Waals surface area (Å²) < 4.78 is 27.1. The maximum atomic E-state index is 13.4. The molecule has 9 nitrogen and oxygen atoms in total. The standard InChI is InChI=1S/C29H36N2O7/c1-34-23-17-20-7-6-8-21(16-22(20)18-24(23)35-2)29(33)31-11-9-30(10-12-31)27(32)15-19-13-25(36-3)28(38-5)26(14-19)37-4/h13-14,16-18H,6-12,15H2,1-5H3. The number of piperazine rings is 1. The van der Waals surface area contributed by atoms with Gasteiger partial charge < -0.3 is 33.5 Å². The Hall–Kier alpha value is -3.88. The topological polar surface area (TPSA) is 86.8 Å². The molecule has 2 amide bonds. The molecule has 0 unspecified atom stereocenters. The zero-order valence-electron chi connectivity index (χ0n) is 22.8. The summed E-state index contributed by atoms with van der Waals surface area (Å²) in [6.07, 6.45) is 4.64. The Bertz CT molecular complexity index is 1190. The quantitative estimate of drug-likeness (QED) is 0.523. The van der Waals surface area contributed by atoms with Crippen LogP contribution in [-0.4, -0.2) is 83.3 Å². The van der Waals surface area contributed by atoms with Crippen molar-refractivity contribution in [2.24, 2.45) is 0 Å². The van der Waals surface area contributed by atoms with Crippen LogP contribution in [0.4, 0.5) is 0 Å². The lowest BCUT2D eigenvalue weighted by atomic mass is 10.0. The minimum atomic E-state index is -0.00461. The summed E-state index contributed by atoms with van der Waals surface area (Å²) in [5.41, 5.74) is 3.70. The van der Waals surface area contributed by atoms with Crippen molar-refractivity contribution in [1.29, 1.82) is 0 Å². The summed E-state index contributed by atoms with van der Waals surface area (Å²) in [5.74, 6) is 2.89. The molecular formula is C29H36N2O7. The number of hydrogen-bond donors (Lipinski definition) is 0. The maximum Gasteiger partial charge on any atom is 0.249 e. The predicted molar refractivity (Wildman–Crippen MR) is 143 cm³/mol. The van der Waals surface area contributed by atoms with Gasteiger partial charge in [0.1, 0.15) is 0 Å². The molecule has 1 aliphatic heterocycles. The number of methoxy groups -OCH3 is 5. The van der Waals surface area contributed by atoms with Gasteiger partial charge in [0.2, 0.25) is 17.6 Å². The first-order valence-electron chi connectivity index (χ1n) is 12.7. The van der Waals surface area contributed by atoms with Gasteiger partial charge in [0.25, 0.3) is 0 Å². The third-order valence-electron chi connectivity index (χ3n) is 7.14. The SMILES string of the molecule is COc1cc2c(cc1OC)CCCC(C(=O)N1CCN(C(=O)Cc3cc(OC)c(OC)c(OC)c3)CC1)=C2. The fraction of sp³-hybridized carbons (Fsp3) is 0.448. The Labute approximate surface area is 223 Å². The second kappa shape index (κ2) is 12.1. The molecular weight excluding hydrogens is 488 g/mol. The van der Waals surface area contributed by atoms with Crippen LogP contribution in [0.3, 0.4) is 0 Å². The lowest BCUT2D eigenvalue weighted by Gasteiger charge is -2.35. The monoisotopic (exact) mass is 524 g/mol. The average Bonchev–Trinajstić information content (AvgIpc) is 3.17. The van der Waals surface area contributed by atoms with E-state index in [-0.39, 0.29) is 18.2 Å². The maximum absolute atomic E-state index is 13.4. The van der Waals surface area contributed by atoms with E-state index >= 15 is 0 Å². The van der Waals surface area contributed by atoms with Crippen LogP contribution in [0.15, 0.2) is 29.8 Å². The number of fused-ring (bicyclic) bond motifs is 1. The van der Waals surface area contributed by atoms with E-state index < -0.39 is 0 Å². The molecule has 38 heavy (non-hydrogen) atoms. The normalized spacial score (nSPS) is 15.1. The number of carbonyl (C=O) groups is 2. The van der Waals surface area contributed by atoms with Crippen molar-refractivity contribution in [2.45, 2.75) is 25.7 Å². The number of amides is 2. The molecule has 0 radical (unpaired) electrons. The number of nitrogens with zero attached hydrogens (tertiary/aromatic N) is 2. The summed E-state index contributed by atoms with van der Waals surface area (Å²) in [5, 5.41) is 0. The third kappa shape index (κ3) is 5.66. The van der Waals surface area contributed by atoms with Crippen LogP contribution in [0.2, 0.25) is 0 Å². The molecule has 1 aliphatic carbocycles. The second-order valence-corrected chi connectivity index (χ2v) is 9.31.